The smallest absolute Gasteiger partial charge is 0.312 e. The zero-order chi connectivity index (χ0) is 14.7. The van der Waals surface area contributed by atoms with Gasteiger partial charge in [-0.2, -0.15) is 0 Å². The van der Waals surface area contributed by atoms with E-state index < -0.39 is 16.8 Å². The number of ether oxygens (including phenoxy) is 3. The molecule has 1 atom stereocenters. The molecule has 0 aromatic heterocycles. The normalized spacial score (nSPS) is 26.4. The van der Waals surface area contributed by atoms with Crippen LogP contribution in [-0.4, -0.2) is 43.3 Å². The SMILES string of the molecule is COC1(OC)CCC(CCO)(C(=O)OC(C)(C)C)C1. The third kappa shape index (κ3) is 3.68. The molecule has 0 aromatic rings. The van der Waals surface area contributed by atoms with Crippen LogP contribution in [-0.2, 0) is 19.0 Å². The number of esters is 1. The monoisotopic (exact) mass is 274 g/mol. The van der Waals surface area contributed by atoms with Crippen molar-refractivity contribution in [2.75, 3.05) is 20.8 Å². The highest BCUT2D eigenvalue weighted by Gasteiger charge is 2.54. The quantitative estimate of drug-likeness (QED) is 0.612. The molecule has 0 heterocycles. The van der Waals surface area contributed by atoms with Gasteiger partial charge in [-0.3, -0.25) is 4.79 Å². The Labute approximate surface area is 115 Å². The van der Waals surface area contributed by atoms with E-state index >= 15 is 0 Å². The Bertz CT molecular complexity index is 316. The van der Waals surface area contributed by atoms with Gasteiger partial charge >= 0.3 is 5.97 Å². The predicted molar refractivity (Wildman–Crippen MR) is 70.6 cm³/mol. The van der Waals surface area contributed by atoms with Crippen molar-refractivity contribution in [3.63, 3.8) is 0 Å². The van der Waals surface area contributed by atoms with Gasteiger partial charge in [0.2, 0.25) is 0 Å². The zero-order valence-electron chi connectivity index (χ0n) is 12.6. The van der Waals surface area contributed by atoms with E-state index in [1.807, 2.05) is 20.8 Å². The highest BCUT2D eigenvalue weighted by Crippen LogP contribution is 2.49. The van der Waals surface area contributed by atoms with E-state index in [1.54, 1.807) is 14.2 Å². The standard InChI is InChI=1S/C14H26O5/c1-12(2,3)19-11(16)13(8-9-15)6-7-14(10-13,17-4)18-5/h15H,6-10H2,1-5H3. The lowest BCUT2D eigenvalue weighted by atomic mass is 9.82. The Morgan fingerprint density at radius 2 is 1.79 bits per heavy atom. The molecule has 0 radical (unpaired) electrons. The van der Waals surface area contributed by atoms with Crippen LogP contribution >= 0.6 is 0 Å². The van der Waals surface area contributed by atoms with Gasteiger partial charge in [0.25, 0.3) is 0 Å². The molecule has 5 heteroatoms. The van der Waals surface area contributed by atoms with Crippen LogP contribution in [0.25, 0.3) is 0 Å². The average molecular weight is 274 g/mol. The lowest BCUT2D eigenvalue weighted by Gasteiger charge is -2.33. The topological polar surface area (TPSA) is 65.0 Å². The lowest BCUT2D eigenvalue weighted by Crippen LogP contribution is -2.40. The minimum atomic E-state index is -0.744. The van der Waals surface area contributed by atoms with Crippen molar-refractivity contribution in [3.05, 3.63) is 0 Å². The summed E-state index contributed by atoms with van der Waals surface area (Å²) in [6.07, 6.45) is 2.02. The fourth-order valence-corrected chi connectivity index (χ4v) is 2.64. The fraction of sp³-hybridized carbons (Fsp3) is 0.929. The van der Waals surface area contributed by atoms with Crippen LogP contribution in [0, 0.1) is 5.41 Å². The first-order valence-electron chi connectivity index (χ1n) is 6.67. The Morgan fingerprint density at radius 3 is 2.16 bits per heavy atom. The molecule has 1 fully saturated rings. The number of hydrogen-bond donors (Lipinski definition) is 1. The van der Waals surface area contributed by atoms with E-state index in [9.17, 15) is 9.90 Å². The maximum atomic E-state index is 12.4. The minimum Gasteiger partial charge on any atom is -0.460 e. The molecule has 0 amide bonds. The van der Waals surface area contributed by atoms with Crippen molar-refractivity contribution in [2.45, 2.75) is 57.8 Å². The first-order valence-corrected chi connectivity index (χ1v) is 6.67. The molecule has 0 spiro atoms. The number of rotatable bonds is 5. The van der Waals surface area contributed by atoms with E-state index in [0.717, 1.165) is 0 Å². The molecule has 0 aromatic carbocycles. The molecule has 0 saturated heterocycles. The first kappa shape index (κ1) is 16.4. The second-order valence-electron chi connectivity index (χ2n) is 6.25. The maximum absolute atomic E-state index is 12.4. The molecular weight excluding hydrogens is 248 g/mol. The van der Waals surface area contributed by atoms with Gasteiger partial charge < -0.3 is 19.3 Å². The second-order valence-corrected chi connectivity index (χ2v) is 6.25. The van der Waals surface area contributed by atoms with Gasteiger partial charge in [0.05, 0.1) is 5.41 Å². The van der Waals surface area contributed by atoms with Gasteiger partial charge in [0.15, 0.2) is 5.79 Å². The number of carbonyl (C=O) groups excluding carboxylic acids is 1. The fourth-order valence-electron chi connectivity index (χ4n) is 2.64. The largest absolute Gasteiger partial charge is 0.460 e. The van der Waals surface area contributed by atoms with Crippen LogP contribution in [0.5, 0.6) is 0 Å². The molecule has 1 aliphatic carbocycles. The summed E-state index contributed by atoms with van der Waals surface area (Å²) < 4.78 is 16.3. The maximum Gasteiger partial charge on any atom is 0.312 e. The molecule has 0 bridgehead atoms. The Hall–Kier alpha value is -0.650. The van der Waals surface area contributed by atoms with Crippen molar-refractivity contribution in [2.24, 2.45) is 5.41 Å². The van der Waals surface area contributed by atoms with Crippen LogP contribution in [0.2, 0.25) is 0 Å². The molecule has 0 aliphatic heterocycles. The van der Waals surface area contributed by atoms with E-state index in [0.29, 0.717) is 25.7 Å². The van der Waals surface area contributed by atoms with Crippen molar-refractivity contribution >= 4 is 5.97 Å². The first-order chi connectivity index (χ1) is 8.72. The van der Waals surface area contributed by atoms with Crippen LogP contribution < -0.4 is 0 Å². The summed E-state index contributed by atoms with van der Waals surface area (Å²) >= 11 is 0. The van der Waals surface area contributed by atoms with Crippen LogP contribution in [0.4, 0.5) is 0 Å². The van der Waals surface area contributed by atoms with E-state index in [2.05, 4.69) is 0 Å². The second kappa shape index (κ2) is 5.77. The van der Waals surface area contributed by atoms with Crippen LogP contribution in [0.3, 0.4) is 0 Å². The molecule has 1 unspecified atom stereocenters. The number of aliphatic hydroxyl groups is 1. The van der Waals surface area contributed by atoms with Gasteiger partial charge in [-0.1, -0.05) is 0 Å². The third-order valence-electron chi connectivity index (χ3n) is 3.76. The van der Waals surface area contributed by atoms with E-state index in [1.165, 1.54) is 0 Å². The van der Waals surface area contributed by atoms with Crippen molar-refractivity contribution in [1.82, 2.24) is 0 Å². The zero-order valence-corrected chi connectivity index (χ0v) is 12.6. The number of carbonyl (C=O) groups is 1. The van der Waals surface area contributed by atoms with Gasteiger partial charge in [0.1, 0.15) is 5.60 Å². The lowest BCUT2D eigenvalue weighted by molar-refractivity contribution is -0.210. The van der Waals surface area contributed by atoms with E-state index in [-0.39, 0.29) is 12.6 Å². The summed E-state index contributed by atoms with van der Waals surface area (Å²) in [7, 11) is 3.15. The molecule has 1 N–H and O–H groups in total. The summed E-state index contributed by atoms with van der Waals surface area (Å²) in [5.74, 6) is -1.02. The van der Waals surface area contributed by atoms with Crippen molar-refractivity contribution in [1.29, 1.82) is 0 Å². The summed E-state index contributed by atoms with van der Waals surface area (Å²) in [5.41, 5.74) is -1.25. The molecule has 5 nitrogen and oxygen atoms in total. The Morgan fingerprint density at radius 1 is 1.21 bits per heavy atom. The van der Waals surface area contributed by atoms with Crippen LogP contribution in [0.15, 0.2) is 0 Å². The molecule has 112 valence electrons. The molecule has 1 aliphatic rings. The molecular formula is C14H26O5. The predicted octanol–water partition coefficient (Wildman–Crippen LogP) is 1.87. The summed E-state index contributed by atoms with van der Waals surface area (Å²) in [6.45, 7) is 5.47. The molecule has 19 heavy (non-hydrogen) atoms. The van der Waals surface area contributed by atoms with Crippen molar-refractivity contribution in [3.8, 4) is 0 Å². The minimum absolute atomic E-state index is 0.0528. The summed E-state index contributed by atoms with van der Waals surface area (Å²) in [6, 6.07) is 0. The van der Waals surface area contributed by atoms with Gasteiger partial charge in [-0.15, -0.1) is 0 Å². The van der Waals surface area contributed by atoms with Crippen molar-refractivity contribution < 1.29 is 24.1 Å². The summed E-state index contributed by atoms with van der Waals surface area (Å²) in [5, 5.41) is 9.27. The highest BCUT2D eigenvalue weighted by molar-refractivity contribution is 5.78. The van der Waals surface area contributed by atoms with Gasteiger partial charge in [-0.05, 0) is 33.6 Å². The van der Waals surface area contributed by atoms with Crippen LogP contribution in [0.1, 0.15) is 46.5 Å². The molecule has 1 saturated carbocycles. The number of methoxy groups -OCH3 is 2. The highest BCUT2D eigenvalue weighted by atomic mass is 16.7. The van der Waals surface area contributed by atoms with Gasteiger partial charge in [0, 0.05) is 33.7 Å². The number of aliphatic hydroxyl groups excluding tert-OH is 1. The number of hydrogen-bond acceptors (Lipinski definition) is 5. The molecule has 1 rings (SSSR count). The van der Waals surface area contributed by atoms with Gasteiger partial charge in [-0.25, -0.2) is 0 Å². The van der Waals surface area contributed by atoms with E-state index in [4.69, 9.17) is 14.2 Å². The Kier molecular flexibility index (Phi) is 4.98. The third-order valence-corrected chi connectivity index (χ3v) is 3.76. The Balaban J connectivity index is 2.91. The average Bonchev–Trinajstić information content (AvgIpc) is 2.69. The summed E-state index contributed by atoms with van der Waals surface area (Å²) in [4.78, 5) is 12.4.